The fraction of sp³-hybridized carbons (Fsp3) is 0.111. The van der Waals surface area contributed by atoms with Crippen molar-refractivity contribution in [1.82, 2.24) is 9.97 Å². The molecule has 0 aliphatic rings. The van der Waals surface area contributed by atoms with E-state index in [9.17, 15) is 5.11 Å². The minimum Gasteiger partial charge on any atom is -0.389 e. The Kier molecular flexibility index (Phi) is 3.75. The summed E-state index contributed by atoms with van der Waals surface area (Å²) in [5, 5.41) is 9.95. The molecule has 3 heteroatoms. The maximum absolute atomic E-state index is 9.95. The van der Waals surface area contributed by atoms with Crippen LogP contribution in [0.25, 0.3) is 22.6 Å². The molecule has 0 aliphatic carbocycles. The van der Waals surface area contributed by atoms with Gasteiger partial charge >= 0.3 is 0 Å². The number of aromatic nitrogens is 2. The van der Waals surface area contributed by atoms with Crippen molar-refractivity contribution in [2.24, 2.45) is 0 Å². The summed E-state index contributed by atoms with van der Waals surface area (Å²) in [5.41, 5.74) is 3.46. The second-order valence-electron chi connectivity index (χ2n) is 4.91. The number of aliphatic hydroxyl groups is 1. The van der Waals surface area contributed by atoms with Crippen LogP contribution in [0.4, 0.5) is 0 Å². The summed E-state index contributed by atoms with van der Waals surface area (Å²) in [5.74, 6) is 0.666. The summed E-state index contributed by atoms with van der Waals surface area (Å²) in [6.07, 6.45) is 1.10. The van der Waals surface area contributed by atoms with Crippen LogP contribution in [-0.4, -0.2) is 15.1 Å². The van der Waals surface area contributed by atoms with Gasteiger partial charge in [-0.3, -0.25) is 0 Å². The summed E-state index contributed by atoms with van der Waals surface area (Å²) in [6.45, 7) is 1.73. The van der Waals surface area contributed by atoms with Gasteiger partial charge in [-0.1, -0.05) is 60.7 Å². The van der Waals surface area contributed by atoms with Crippen LogP contribution >= 0.6 is 0 Å². The smallest absolute Gasteiger partial charge is 0.159 e. The second kappa shape index (κ2) is 5.85. The summed E-state index contributed by atoms with van der Waals surface area (Å²) < 4.78 is 0. The molecule has 21 heavy (non-hydrogen) atoms. The minimum absolute atomic E-state index is 0.606. The van der Waals surface area contributed by atoms with E-state index in [1.54, 1.807) is 13.1 Å². The van der Waals surface area contributed by atoms with Gasteiger partial charge < -0.3 is 5.11 Å². The zero-order chi connectivity index (χ0) is 14.7. The Morgan fingerprint density at radius 1 is 0.857 bits per heavy atom. The summed E-state index contributed by atoms with van der Waals surface area (Å²) in [6, 6.07) is 19.7. The largest absolute Gasteiger partial charge is 0.389 e. The number of hydrogen-bond acceptors (Lipinski definition) is 3. The SMILES string of the molecule is CC(O)c1cnc(-c2ccccc2)nc1-c1ccccc1. The average Bonchev–Trinajstić information content (AvgIpc) is 2.56. The Morgan fingerprint density at radius 2 is 1.43 bits per heavy atom. The average molecular weight is 276 g/mol. The normalized spacial score (nSPS) is 12.1. The molecule has 1 atom stereocenters. The van der Waals surface area contributed by atoms with Gasteiger partial charge in [-0.2, -0.15) is 0 Å². The van der Waals surface area contributed by atoms with Gasteiger partial charge in [0.1, 0.15) is 0 Å². The number of benzene rings is 2. The Labute approximate surface area is 124 Å². The Balaban J connectivity index is 2.16. The number of hydrogen-bond donors (Lipinski definition) is 1. The van der Waals surface area contributed by atoms with Crippen molar-refractivity contribution in [1.29, 1.82) is 0 Å². The van der Waals surface area contributed by atoms with Crippen LogP contribution in [0.15, 0.2) is 66.9 Å². The van der Waals surface area contributed by atoms with Crippen LogP contribution in [0, 0.1) is 0 Å². The van der Waals surface area contributed by atoms with Crippen molar-refractivity contribution in [2.75, 3.05) is 0 Å². The van der Waals surface area contributed by atoms with Crippen LogP contribution in [0.5, 0.6) is 0 Å². The van der Waals surface area contributed by atoms with Crippen LogP contribution in [0.3, 0.4) is 0 Å². The molecule has 0 saturated carbocycles. The van der Waals surface area contributed by atoms with Crippen LogP contribution in [-0.2, 0) is 0 Å². The van der Waals surface area contributed by atoms with E-state index in [0.29, 0.717) is 5.82 Å². The standard InChI is InChI=1S/C18H16N2O/c1-13(21)16-12-19-18(15-10-6-3-7-11-15)20-17(16)14-8-4-2-5-9-14/h2-13,21H,1H3. The lowest BCUT2D eigenvalue weighted by Gasteiger charge is -2.12. The number of rotatable bonds is 3. The lowest BCUT2D eigenvalue weighted by Crippen LogP contribution is -2.01. The zero-order valence-electron chi connectivity index (χ0n) is 11.8. The second-order valence-corrected chi connectivity index (χ2v) is 4.91. The van der Waals surface area contributed by atoms with Gasteiger partial charge in [0.2, 0.25) is 0 Å². The molecule has 0 fully saturated rings. The van der Waals surface area contributed by atoms with E-state index in [0.717, 1.165) is 22.4 Å². The highest BCUT2D eigenvalue weighted by molar-refractivity contribution is 5.66. The molecule has 1 heterocycles. The van der Waals surface area contributed by atoms with Crippen LogP contribution in [0.2, 0.25) is 0 Å². The van der Waals surface area contributed by atoms with Gasteiger partial charge in [-0.25, -0.2) is 9.97 Å². The van der Waals surface area contributed by atoms with Crippen molar-refractivity contribution in [3.8, 4) is 22.6 Å². The van der Waals surface area contributed by atoms with Gasteiger partial charge in [0, 0.05) is 22.9 Å². The van der Waals surface area contributed by atoms with E-state index >= 15 is 0 Å². The monoisotopic (exact) mass is 276 g/mol. The molecule has 1 aromatic heterocycles. The lowest BCUT2D eigenvalue weighted by atomic mass is 10.0. The molecule has 0 saturated heterocycles. The van der Waals surface area contributed by atoms with Crippen LogP contribution < -0.4 is 0 Å². The van der Waals surface area contributed by atoms with Crippen molar-refractivity contribution in [3.63, 3.8) is 0 Å². The predicted octanol–water partition coefficient (Wildman–Crippen LogP) is 3.86. The maximum Gasteiger partial charge on any atom is 0.159 e. The summed E-state index contributed by atoms with van der Waals surface area (Å²) >= 11 is 0. The predicted molar refractivity (Wildman–Crippen MR) is 83.5 cm³/mol. The van der Waals surface area contributed by atoms with Gasteiger partial charge in [0.05, 0.1) is 11.8 Å². The Hall–Kier alpha value is -2.52. The molecule has 0 aliphatic heterocycles. The molecule has 0 radical (unpaired) electrons. The molecular formula is C18H16N2O. The van der Waals surface area contributed by atoms with Crippen molar-refractivity contribution < 1.29 is 5.11 Å². The molecule has 3 nitrogen and oxygen atoms in total. The molecule has 1 N–H and O–H groups in total. The molecule has 2 aromatic carbocycles. The maximum atomic E-state index is 9.95. The zero-order valence-corrected chi connectivity index (χ0v) is 11.8. The highest BCUT2D eigenvalue weighted by atomic mass is 16.3. The molecule has 0 spiro atoms. The Bertz CT molecular complexity index is 725. The first kappa shape index (κ1) is 13.5. The number of aliphatic hydroxyl groups excluding tert-OH is 1. The summed E-state index contributed by atoms with van der Waals surface area (Å²) in [7, 11) is 0. The molecule has 1 unspecified atom stereocenters. The highest BCUT2D eigenvalue weighted by Crippen LogP contribution is 2.28. The molecular weight excluding hydrogens is 260 g/mol. The molecule has 0 amide bonds. The molecule has 3 aromatic rings. The molecule has 104 valence electrons. The van der Waals surface area contributed by atoms with Gasteiger partial charge in [-0.15, -0.1) is 0 Å². The first-order valence-electron chi connectivity index (χ1n) is 6.91. The molecule has 0 bridgehead atoms. The first-order chi connectivity index (χ1) is 10.3. The van der Waals surface area contributed by atoms with Gasteiger partial charge in [-0.05, 0) is 6.92 Å². The summed E-state index contributed by atoms with van der Waals surface area (Å²) in [4.78, 5) is 9.05. The van der Waals surface area contributed by atoms with Crippen molar-refractivity contribution in [2.45, 2.75) is 13.0 Å². The van der Waals surface area contributed by atoms with E-state index in [4.69, 9.17) is 0 Å². The van der Waals surface area contributed by atoms with E-state index in [-0.39, 0.29) is 0 Å². The lowest BCUT2D eigenvalue weighted by molar-refractivity contribution is 0.199. The highest BCUT2D eigenvalue weighted by Gasteiger charge is 2.14. The van der Waals surface area contributed by atoms with E-state index in [1.165, 1.54) is 0 Å². The topological polar surface area (TPSA) is 46.0 Å². The fourth-order valence-electron chi connectivity index (χ4n) is 2.25. The van der Waals surface area contributed by atoms with E-state index < -0.39 is 6.10 Å². The third kappa shape index (κ3) is 2.83. The number of nitrogens with zero attached hydrogens (tertiary/aromatic N) is 2. The quantitative estimate of drug-likeness (QED) is 0.790. The van der Waals surface area contributed by atoms with Gasteiger partial charge in [0.25, 0.3) is 0 Å². The van der Waals surface area contributed by atoms with E-state index in [1.807, 2.05) is 60.7 Å². The van der Waals surface area contributed by atoms with Crippen molar-refractivity contribution >= 4 is 0 Å². The van der Waals surface area contributed by atoms with Crippen molar-refractivity contribution in [3.05, 3.63) is 72.4 Å². The van der Waals surface area contributed by atoms with Crippen LogP contribution in [0.1, 0.15) is 18.6 Å². The third-order valence-electron chi connectivity index (χ3n) is 3.35. The third-order valence-corrected chi connectivity index (χ3v) is 3.35. The fourth-order valence-corrected chi connectivity index (χ4v) is 2.25. The molecule has 3 rings (SSSR count). The van der Waals surface area contributed by atoms with Gasteiger partial charge in [0.15, 0.2) is 5.82 Å². The minimum atomic E-state index is -0.606. The van der Waals surface area contributed by atoms with E-state index in [2.05, 4.69) is 9.97 Å². The Morgan fingerprint density at radius 3 is 2.00 bits per heavy atom. The first-order valence-corrected chi connectivity index (χ1v) is 6.91.